The van der Waals surface area contributed by atoms with Gasteiger partial charge in [0.25, 0.3) is 5.69 Å². The first kappa shape index (κ1) is 23.3. The van der Waals surface area contributed by atoms with E-state index in [1.165, 1.54) is 16.4 Å². The Morgan fingerprint density at radius 1 is 1.21 bits per heavy atom. The van der Waals surface area contributed by atoms with E-state index >= 15 is 0 Å². The first-order valence-corrected chi connectivity index (χ1v) is 11.5. The molecule has 0 aromatic heterocycles. The van der Waals surface area contributed by atoms with E-state index in [0.29, 0.717) is 5.92 Å². The topological polar surface area (TPSA) is 105 Å². The molecule has 0 amide bonds. The second-order valence-electron chi connectivity index (χ2n) is 8.46. The number of non-ortho nitro benzene ring substituents is 1. The summed E-state index contributed by atoms with van der Waals surface area (Å²) in [4.78, 5) is 10.5. The van der Waals surface area contributed by atoms with Gasteiger partial charge >= 0.3 is 0 Å². The maximum atomic E-state index is 13.0. The molecule has 1 fully saturated rings. The van der Waals surface area contributed by atoms with Crippen molar-refractivity contribution < 1.29 is 13.3 Å². The van der Waals surface area contributed by atoms with Gasteiger partial charge in [-0.25, -0.2) is 8.42 Å². The molecule has 8 nitrogen and oxygen atoms in total. The first-order chi connectivity index (χ1) is 13.5. The number of nitrogens with zero attached hydrogens (tertiary/aromatic N) is 3. The summed E-state index contributed by atoms with van der Waals surface area (Å²) in [6.07, 6.45) is 3.82. The van der Waals surface area contributed by atoms with Gasteiger partial charge in [0.2, 0.25) is 10.0 Å². The highest BCUT2D eigenvalue weighted by Gasteiger charge is 2.29. The fourth-order valence-electron chi connectivity index (χ4n) is 3.70. The van der Waals surface area contributed by atoms with E-state index in [0.717, 1.165) is 37.5 Å². The van der Waals surface area contributed by atoms with Crippen molar-refractivity contribution in [3.63, 3.8) is 0 Å². The largest absolute Gasteiger partial charge is 0.277 e. The van der Waals surface area contributed by atoms with Crippen LogP contribution in [0.2, 0.25) is 0 Å². The van der Waals surface area contributed by atoms with Gasteiger partial charge < -0.3 is 0 Å². The van der Waals surface area contributed by atoms with Gasteiger partial charge in [-0.05, 0) is 43.1 Å². The lowest BCUT2D eigenvalue weighted by molar-refractivity contribution is -0.385. The molecule has 1 aliphatic carbocycles. The van der Waals surface area contributed by atoms with Gasteiger partial charge in [0.15, 0.2) is 0 Å². The summed E-state index contributed by atoms with van der Waals surface area (Å²) >= 11 is 0. The van der Waals surface area contributed by atoms with Crippen LogP contribution in [0.5, 0.6) is 0 Å². The van der Waals surface area contributed by atoms with Crippen LogP contribution in [0, 0.1) is 21.4 Å². The number of hydrogen-bond donors (Lipinski definition) is 1. The molecule has 0 spiro atoms. The number of sulfonamides is 1. The minimum Gasteiger partial charge on any atom is -0.277 e. The molecule has 1 saturated carbocycles. The predicted octanol–water partition coefficient (Wildman–Crippen LogP) is 4.63. The third-order valence-corrected chi connectivity index (χ3v) is 7.71. The number of hydrazone groups is 1. The molecular formula is C20H32N4O4S. The highest BCUT2D eigenvalue weighted by atomic mass is 32.2. The Hall–Kier alpha value is -2.00. The van der Waals surface area contributed by atoms with Crippen molar-refractivity contribution in [1.29, 1.82) is 0 Å². The SMILES string of the molecule is CCN(CC)S(=O)(=O)c1cc([N+](=O)[O-])ccc1NN=C1CCC(C(C)(C)C)CC1. The van der Waals surface area contributed by atoms with E-state index in [1.54, 1.807) is 13.8 Å². The summed E-state index contributed by atoms with van der Waals surface area (Å²) in [5, 5.41) is 15.6. The number of nitrogens with one attached hydrogen (secondary N) is 1. The molecular weight excluding hydrogens is 392 g/mol. The third kappa shape index (κ3) is 5.54. The van der Waals surface area contributed by atoms with Crippen molar-refractivity contribution in [3.05, 3.63) is 28.3 Å². The van der Waals surface area contributed by atoms with Crippen molar-refractivity contribution in [3.8, 4) is 0 Å². The summed E-state index contributed by atoms with van der Waals surface area (Å²) in [6, 6.07) is 3.81. The van der Waals surface area contributed by atoms with Crippen molar-refractivity contribution >= 4 is 27.1 Å². The maximum absolute atomic E-state index is 13.0. The van der Waals surface area contributed by atoms with Crippen LogP contribution < -0.4 is 5.43 Å². The summed E-state index contributed by atoms with van der Waals surface area (Å²) < 4.78 is 27.3. The second-order valence-corrected chi connectivity index (χ2v) is 10.4. The summed E-state index contributed by atoms with van der Waals surface area (Å²) in [5.74, 6) is 0.638. The lowest BCUT2D eigenvalue weighted by Gasteiger charge is -2.34. The number of nitro groups is 1. The van der Waals surface area contributed by atoms with E-state index < -0.39 is 14.9 Å². The predicted molar refractivity (Wildman–Crippen MR) is 116 cm³/mol. The summed E-state index contributed by atoms with van der Waals surface area (Å²) in [7, 11) is -3.87. The summed E-state index contributed by atoms with van der Waals surface area (Å²) in [5.41, 5.74) is 4.13. The van der Waals surface area contributed by atoms with Crippen LogP contribution in [0.3, 0.4) is 0 Å². The zero-order valence-corrected chi connectivity index (χ0v) is 18.8. The van der Waals surface area contributed by atoms with Crippen LogP contribution in [0.4, 0.5) is 11.4 Å². The first-order valence-electron chi connectivity index (χ1n) is 10.1. The monoisotopic (exact) mass is 424 g/mol. The van der Waals surface area contributed by atoms with E-state index in [-0.39, 0.29) is 34.8 Å². The number of benzene rings is 1. The van der Waals surface area contributed by atoms with Gasteiger partial charge in [0, 0.05) is 30.9 Å². The van der Waals surface area contributed by atoms with E-state index in [4.69, 9.17) is 0 Å². The van der Waals surface area contributed by atoms with Crippen molar-refractivity contribution in [2.45, 2.75) is 65.2 Å². The number of hydrogen-bond acceptors (Lipinski definition) is 6. The van der Waals surface area contributed by atoms with Gasteiger partial charge in [-0.2, -0.15) is 9.41 Å². The average Bonchev–Trinajstić information content (AvgIpc) is 2.66. The number of anilines is 1. The van der Waals surface area contributed by atoms with Crippen molar-refractivity contribution in [2.75, 3.05) is 18.5 Å². The minimum absolute atomic E-state index is 0.122. The zero-order valence-electron chi connectivity index (χ0n) is 17.9. The molecule has 0 radical (unpaired) electrons. The van der Waals surface area contributed by atoms with Gasteiger partial charge in [0.05, 0.1) is 10.6 Å². The van der Waals surface area contributed by atoms with E-state index in [9.17, 15) is 18.5 Å². The average molecular weight is 425 g/mol. The Labute approximate surface area is 173 Å². The van der Waals surface area contributed by atoms with Gasteiger partial charge in [-0.15, -0.1) is 0 Å². The molecule has 1 aliphatic rings. The summed E-state index contributed by atoms with van der Waals surface area (Å²) in [6.45, 7) is 10.8. The fraction of sp³-hybridized carbons (Fsp3) is 0.650. The van der Waals surface area contributed by atoms with Crippen LogP contribution in [0.15, 0.2) is 28.2 Å². The Bertz CT molecular complexity index is 861. The van der Waals surface area contributed by atoms with Crippen molar-refractivity contribution in [2.24, 2.45) is 16.4 Å². The lowest BCUT2D eigenvalue weighted by atomic mass is 9.72. The Kier molecular flexibility index (Phi) is 7.40. The zero-order chi connectivity index (χ0) is 21.8. The standard InChI is InChI=1S/C20H32N4O4S/c1-6-23(7-2)29(27,28)19-14-17(24(25)26)12-13-18(19)22-21-16-10-8-15(9-11-16)20(3,4)5/h12-15,22H,6-11H2,1-5H3. The number of nitro benzene ring substituents is 1. The third-order valence-electron chi connectivity index (χ3n) is 5.62. The van der Waals surface area contributed by atoms with E-state index in [1.807, 2.05) is 0 Å². The Morgan fingerprint density at radius 3 is 2.28 bits per heavy atom. The second kappa shape index (κ2) is 9.21. The van der Waals surface area contributed by atoms with Gasteiger partial charge in [0.1, 0.15) is 4.90 Å². The molecule has 0 atom stereocenters. The van der Waals surface area contributed by atoms with Crippen LogP contribution >= 0.6 is 0 Å². The van der Waals surface area contributed by atoms with Crippen molar-refractivity contribution in [1.82, 2.24) is 4.31 Å². The molecule has 0 aliphatic heterocycles. The smallest absolute Gasteiger partial charge is 0.270 e. The number of rotatable bonds is 7. The molecule has 1 N–H and O–H groups in total. The molecule has 9 heteroatoms. The normalized spacial score (nSPS) is 18.0. The van der Waals surface area contributed by atoms with Crippen LogP contribution in [0.25, 0.3) is 0 Å². The molecule has 29 heavy (non-hydrogen) atoms. The molecule has 0 unspecified atom stereocenters. The molecule has 2 rings (SSSR count). The Morgan fingerprint density at radius 2 is 1.79 bits per heavy atom. The van der Waals surface area contributed by atoms with Crippen LogP contribution in [0.1, 0.15) is 60.3 Å². The van der Waals surface area contributed by atoms with Gasteiger partial charge in [-0.3, -0.25) is 15.5 Å². The van der Waals surface area contributed by atoms with Crippen LogP contribution in [-0.2, 0) is 10.0 Å². The minimum atomic E-state index is -3.87. The molecule has 162 valence electrons. The Balaban J connectivity index is 2.30. The molecule has 0 heterocycles. The lowest BCUT2D eigenvalue weighted by Crippen LogP contribution is -2.31. The van der Waals surface area contributed by atoms with Gasteiger partial charge in [-0.1, -0.05) is 34.6 Å². The maximum Gasteiger partial charge on any atom is 0.270 e. The van der Waals surface area contributed by atoms with Crippen LogP contribution in [-0.4, -0.2) is 36.4 Å². The molecule has 0 bridgehead atoms. The molecule has 1 aromatic rings. The highest BCUT2D eigenvalue weighted by molar-refractivity contribution is 7.89. The quantitative estimate of drug-likeness (QED) is 0.507. The highest BCUT2D eigenvalue weighted by Crippen LogP contribution is 2.37. The van der Waals surface area contributed by atoms with E-state index in [2.05, 4.69) is 31.3 Å². The fourth-order valence-corrected chi connectivity index (χ4v) is 5.32. The molecule has 1 aromatic carbocycles. The molecule has 0 saturated heterocycles.